The summed E-state index contributed by atoms with van der Waals surface area (Å²) in [5, 5.41) is 3.42. The Morgan fingerprint density at radius 3 is 2.60 bits per heavy atom. The summed E-state index contributed by atoms with van der Waals surface area (Å²) < 4.78 is 5.56. The first-order valence-corrected chi connectivity index (χ1v) is 8.16. The van der Waals surface area contributed by atoms with Gasteiger partial charge in [0, 0.05) is 25.7 Å². The Morgan fingerprint density at radius 2 is 1.95 bits per heavy atom. The molecule has 0 aromatic carbocycles. The van der Waals surface area contributed by atoms with E-state index in [0.29, 0.717) is 6.04 Å². The van der Waals surface area contributed by atoms with Gasteiger partial charge in [-0.3, -0.25) is 0 Å². The highest BCUT2D eigenvalue weighted by Gasteiger charge is 2.32. The third-order valence-electron chi connectivity index (χ3n) is 4.31. The summed E-state index contributed by atoms with van der Waals surface area (Å²) in [5.74, 6) is 0.790. The quantitative estimate of drug-likeness (QED) is 0.846. The van der Waals surface area contributed by atoms with E-state index < -0.39 is 5.60 Å². The lowest BCUT2D eigenvalue weighted by molar-refractivity contribution is 0.00865. The number of ether oxygens (including phenoxy) is 1. The number of hydrogen-bond donors (Lipinski definition) is 1. The fourth-order valence-corrected chi connectivity index (χ4v) is 3.34. The zero-order chi connectivity index (χ0) is 14.6. The molecule has 1 aliphatic carbocycles. The molecule has 1 saturated carbocycles. The van der Waals surface area contributed by atoms with Gasteiger partial charge in [0.2, 0.25) is 0 Å². The molecule has 0 aromatic rings. The number of carbonyl (C=O) groups is 1. The van der Waals surface area contributed by atoms with Gasteiger partial charge in [0.15, 0.2) is 0 Å². The lowest BCUT2D eigenvalue weighted by atomic mass is 9.84. The maximum atomic E-state index is 12.3. The van der Waals surface area contributed by atoms with Crippen molar-refractivity contribution in [3.63, 3.8) is 0 Å². The molecule has 2 fully saturated rings. The normalized spacial score (nSPS) is 25.6. The van der Waals surface area contributed by atoms with Crippen LogP contribution in [0.25, 0.3) is 0 Å². The maximum absolute atomic E-state index is 12.3. The average Bonchev–Trinajstić information content (AvgIpc) is 2.38. The van der Waals surface area contributed by atoms with Gasteiger partial charge in [0.05, 0.1) is 0 Å². The second-order valence-electron chi connectivity index (χ2n) is 7.27. The Kier molecular flexibility index (Phi) is 5.30. The molecule has 0 bridgehead atoms. The minimum atomic E-state index is -0.405. The molecule has 0 unspecified atom stereocenters. The average molecular weight is 282 g/mol. The van der Waals surface area contributed by atoms with Crippen LogP contribution >= 0.6 is 0 Å². The molecular weight excluding hydrogens is 252 g/mol. The summed E-state index contributed by atoms with van der Waals surface area (Å²) in [5.41, 5.74) is -0.405. The molecule has 1 saturated heterocycles. The first kappa shape index (κ1) is 15.6. The van der Waals surface area contributed by atoms with Crippen LogP contribution in [0.1, 0.15) is 59.3 Å². The molecule has 0 radical (unpaired) electrons. The highest BCUT2D eigenvalue weighted by Crippen LogP contribution is 2.29. The van der Waals surface area contributed by atoms with Gasteiger partial charge in [-0.05, 0) is 33.1 Å². The summed E-state index contributed by atoms with van der Waals surface area (Å²) in [7, 11) is 0. The summed E-state index contributed by atoms with van der Waals surface area (Å²) in [6, 6.07) is 0.307. The van der Waals surface area contributed by atoms with Gasteiger partial charge in [0.1, 0.15) is 5.60 Å². The minimum Gasteiger partial charge on any atom is -0.444 e. The smallest absolute Gasteiger partial charge is 0.410 e. The lowest BCUT2D eigenvalue weighted by Crippen LogP contribution is -2.55. The molecule has 1 N–H and O–H groups in total. The summed E-state index contributed by atoms with van der Waals surface area (Å²) in [6.07, 6.45) is 7.76. The first-order chi connectivity index (χ1) is 9.46. The van der Waals surface area contributed by atoms with E-state index in [2.05, 4.69) is 5.32 Å². The van der Waals surface area contributed by atoms with E-state index in [1.165, 1.54) is 32.1 Å². The largest absolute Gasteiger partial charge is 0.444 e. The number of piperazine rings is 1. The number of hydrogen-bond acceptors (Lipinski definition) is 3. The first-order valence-electron chi connectivity index (χ1n) is 8.16. The van der Waals surface area contributed by atoms with Crippen molar-refractivity contribution in [3.8, 4) is 0 Å². The van der Waals surface area contributed by atoms with Gasteiger partial charge >= 0.3 is 6.09 Å². The zero-order valence-electron chi connectivity index (χ0n) is 13.3. The van der Waals surface area contributed by atoms with Crippen molar-refractivity contribution in [1.82, 2.24) is 10.2 Å². The second-order valence-corrected chi connectivity index (χ2v) is 7.27. The van der Waals surface area contributed by atoms with Gasteiger partial charge in [0.25, 0.3) is 0 Å². The molecule has 4 heteroatoms. The molecule has 20 heavy (non-hydrogen) atoms. The van der Waals surface area contributed by atoms with E-state index >= 15 is 0 Å². The third-order valence-corrected chi connectivity index (χ3v) is 4.31. The second kappa shape index (κ2) is 6.79. The summed E-state index contributed by atoms with van der Waals surface area (Å²) in [4.78, 5) is 14.3. The van der Waals surface area contributed by atoms with Crippen molar-refractivity contribution in [1.29, 1.82) is 0 Å². The van der Waals surface area contributed by atoms with Crippen molar-refractivity contribution in [3.05, 3.63) is 0 Å². The van der Waals surface area contributed by atoms with Crippen molar-refractivity contribution < 1.29 is 9.53 Å². The number of rotatable bonds is 2. The van der Waals surface area contributed by atoms with Gasteiger partial charge in [-0.1, -0.05) is 32.1 Å². The van der Waals surface area contributed by atoms with Crippen molar-refractivity contribution in [2.24, 2.45) is 5.92 Å². The molecule has 0 aromatic heterocycles. The molecule has 1 atom stereocenters. The monoisotopic (exact) mass is 282 g/mol. The highest BCUT2D eigenvalue weighted by molar-refractivity contribution is 5.68. The van der Waals surface area contributed by atoms with E-state index in [9.17, 15) is 4.79 Å². The molecule has 0 spiro atoms. The standard InChI is InChI=1S/C16H30N2O2/c1-16(2,3)20-15(19)18-10-9-17-12-14(18)11-13-7-5-4-6-8-13/h13-14,17H,4-12H2,1-3H3/t14-/m0/s1. The molecule has 4 nitrogen and oxygen atoms in total. The Hall–Kier alpha value is -0.770. The van der Waals surface area contributed by atoms with Crippen LogP contribution in [-0.2, 0) is 4.74 Å². The van der Waals surface area contributed by atoms with E-state index in [4.69, 9.17) is 4.74 Å². The van der Waals surface area contributed by atoms with Crippen LogP contribution in [0.2, 0.25) is 0 Å². The fourth-order valence-electron chi connectivity index (χ4n) is 3.34. The number of nitrogens with zero attached hydrogens (tertiary/aromatic N) is 1. The third kappa shape index (κ3) is 4.65. The van der Waals surface area contributed by atoms with Crippen molar-refractivity contribution in [2.45, 2.75) is 70.9 Å². The molecule has 1 heterocycles. The molecule has 1 amide bonds. The SMILES string of the molecule is CC(C)(C)OC(=O)N1CCNC[C@@H]1CC1CCCCC1. The summed E-state index contributed by atoms with van der Waals surface area (Å²) in [6.45, 7) is 8.36. The van der Waals surface area contributed by atoms with E-state index in [1.807, 2.05) is 25.7 Å². The molecular formula is C16H30N2O2. The maximum Gasteiger partial charge on any atom is 0.410 e. The van der Waals surface area contributed by atoms with Crippen LogP contribution in [0.4, 0.5) is 4.79 Å². The van der Waals surface area contributed by atoms with Gasteiger partial charge in [-0.25, -0.2) is 4.79 Å². The van der Waals surface area contributed by atoms with Crippen LogP contribution in [-0.4, -0.2) is 42.3 Å². The lowest BCUT2D eigenvalue weighted by Gasteiger charge is -2.39. The molecule has 2 aliphatic rings. The predicted molar refractivity (Wildman–Crippen MR) is 80.8 cm³/mol. The zero-order valence-corrected chi connectivity index (χ0v) is 13.3. The van der Waals surface area contributed by atoms with Crippen molar-refractivity contribution in [2.75, 3.05) is 19.6 Å². The van der Waals surface area contributed by atoms with E-state index in [1.54, 1.807) is 0 Å². The van der Waals surface area contributed by atoms with Gasteiger partial charge in [-0.2, -0.15) is 0 Å². The minimum absolute atomic E-state index is 0.139. The van der Waals surface area contributed by atoms with E-state index in [-0.39, 0.29) is 6.09 Å². The Morgan fingerprint density at radius 1 is 1.25 bits per heavy atom. The Bertz CT molecular complexity index is 319. The summed E-state index contributed by atoms with van der Waals surface area (Å²) >= 11 is 0. The van der Waals surface area contributed by atoms with Crippen LogP contribution in [0.15, 0.2) is 0 Å². The topological polar surface area (TPSA) is 41.6 Å². The Balaban J connectivity index is 1.92. The fraction of sp³-hybridized carbons (Fsp3) is 0.938. The van der Waals surface area contributed by atoms with Crippen LogP contribution in [0.5, 0.6) is 0 Å². The van der Waals surface area contributed by atoms with Crippen molar-refractivity contribution >= 4 is 6.09 Å². The predicted octanol–water partition coefficient (Wildman–Crippen LogP) is 3.17. The number of nitrogens with one attached hydrogen (secondary N) is 1. The van der Waals surface area contributed by atoms with E-state index in [0.717, 1.165) is 32.0 Å². The Labute approximate surface area is 123 Å². The highest BCUT2D eigenvalue weighted by atomic mass is 16.6. The van der Waals surface area contributed by atoms with Gasteiger partial charge in [-0.15, -0.1) is 0 Å². The number of amides is 1. The number of carbonyl (C=O) groups excluding carboxylic acids is 1. The molecule has 116 valence electrons. The van der Waals surface area contributed by atoms with Crippen LogP contribution < -0.4 is 5.32 Å². The molecule has 1 aliphatic heterocycles. The van der Waals surface area contributed by atoms with Crippen LogP contribution in [0, 0.1) is 5.92 Å². The van der Waals surface area contributed by atoms with Gasteiger partial charge < -0.3 is 15.0 Å². The van der Waals surface area contributed by atoms with Crippen LogP contribution in [0.3, 0.4) is 0 Å². The molecule has 2 rings (SSSR count).